The standard InChI is InChI=1S/C14H17N3S/c1-9-13(15-2)14(17-16-9)11-5-6-12-10(8-11)4-3-7-18-12/h5-6,8,15H,3-4,7H2,1-2H3,(H,16,17). The SMILES string of the molecule is CNc1c(-c2ccc3c(c2)CCCS3)n[nH]c1C. The minimum Gasteiger partial charge on any atom is -0.385 e. The van der Waals surface area contributed by atoms with Crippen molar-refractivity contribution >= 4 is 17.4 Å². The summed E-state index contributed by atoms with van der Waals surface area (Å²) in [6.07, 6.45) is 2.47. The van der Waals surface area contributed by atoms with Gasteiger partial charge in [-0.05, 0) is 43.2 Å². The molecule has 0 fully saturated rings. The second-order valence-corrected chi connectivity index (χ2v) is 5.73. The lowest BCUT2D eigenvalue weighted by Crippen LogP contribution is -1.99. The molecule has 3 nitrogen and oxygen atoms in total. The van der Waals surface area contributed by atoms with Crippen LogP contribution in [0.1, 0.15) is 17.7 Å². The maximum Gasteiger partial charge on any atom is 0.115 e. The van der Waals surface area contributed by atoms with E-state index in [1.807, 2.05) is 25.7 Å². The number of benzene rings is 1. The molecule has 3 rings (SSSR count). The fourth-order valence-electron chi connectivity index (χ4n) is 2.45. The van der Waals surface area contributed by atoms with Gasteiger partial charge in [0.05, 0.1) is 11.4 Å². The topological polar surface area (TPSA) is 40.7 Å². The van der Waals surface area contributed by atoms with E-state index in [1.54, 1.807) is 0 Å². The molecule has 0 saturated heterocycles. The first-order chi connectivity index (χ1) is 8.79. The Morgan fingerprint density at radius 3 is 3.11 bits per heavy atom. The van der Waals surface area contributed by atoms with Crippen molar-refractivity contribution in [2.24, 2.45) is 0 Å². The van der Waals surface area contributed by atoms with Gasteiger partial charge in [0, 0.05) is 17.5 Å². The Morgan fingerprint density at radius 1 is 1.39 bits per heavy atom. The quantitative estimate of drug-likeness (QED) is 0.867. The molecule has 1 aliphatic heterocycles. The number of aromatic nitrogens is 2. The first-order valence-corrected chi connectivity index (χ1v) is 7.27. The molecule has 18 heavy (non-hydrogen) atoms. The van der Waals surface area contributed by atoms with Gasteiger partial charge in [-0.15, -0.1) is 11.8 Å². The first-order valence-electron chi connectivity index (χ1n) is 6.28. The van der Waals surface area contributed by atoms with Crippen LogP contribution in [0.5, 0.6) is 0 Å². The zero-order chi connectivity index (χ0) is 12.5. The van der Waals surface area contributed by atoms with Crippen molar-refractivity contribution in [1.29, 1.82) is 0 Å². The van der Waals surface area contributed by atoms with E-state index in [0.717, 1.165) is 17.1 Å². The number of anilines is 1. The summed E-state index contributed by atoms with van der Waals surface area (Å²) in [6, 6.07) is 6.70. The van der Waals surface area contributed by atoms with Gasteiger partial charge in [0.15, 0.2) is 0 Å². The van der Waals surface area contributed by atoms with Crippen molar-refractivity contribution in [1.82, 2.24) is 10.2 Å². The molecule has 0 saturated carbocycles. The van der Waals surface area contributed by atoms with E-state index in [2.05, 4.69) is 33.7 Å². The highest BCUT2D eigenvalue weighted by molar-refractivity contribution is 7.99. The smallest absolute Gasteiger partial charge is 0.115 e. The van der Waals surface area contributed by atoms with Crippen LogP contribution in [0.25, 0.3) is 11.3 Å². The van der Waals surface area contributed by atoms with Crippen LogP contribution in [0.4, 0.5) is 5.69 Å². The van der Waals surface area contributed by atoms with Gasteiger partial charge in [-0.25, -0.2) is 0 Å². The molecule has 0 unspecified atom stereocenters. The molecule has 0 amide bonds. The molecular weight excluding hydrogens is 242 g/mol. The minimum atomic E-state index is 1.02. The van der Waals surface area contributed by atoms with Crippen LogP contribution < -0.4 is 5.32 Å². The molecule has 2 heterocycles. The predicted octanol–water partition coefficient (Wildman–Crippen LogP) is 3.47. The fourth-order valence-corrected chi connectivity index (χ4v) is 3.47. The maximum atomic E-state index is 4.41. The highest BCUT2D eigenvalue weighted by atomic mass is 32.2. The van der Waals surface area contributed by atoms with Gasteiger partial charge in [-0.3, -0.25) is 5.10 Å². The number of fused-ring (bicyclic) bond motifs is 1. The summed E-state index contributed by atoms with van der Waals surface area (Å²) < 4.78 is 0. The van der Waals surface area contributed by atoms with E-state index in [1.165, 1.54) is 34.6 Å². The van der Waals surface area contributed by atoms with Crippen LogP contribution in [0, 0.1) is 6.92 Å². The first kappa shape index (κ1) is 11.7. The maximum absolute atomic E-state index is 4.41. The highest BCUT2D eigenvalue weighted by Crippen LogP contribution is 2.35. The summed E-state index contributed by atoms with van der Waals surface area (Å²) in [5.74, 6) is 1.25. The van der Waals surface area contributed by atoms with Crippen molar-refractivity contribution in [3.8, 4) is 11.3 Å². The van der Waals surface area contributed by atoms with Gasteiger partial charge >= 0.3 is 0 Å². The number of H-pyrrole nitrogens is 1. The van der Waals surface area contributed by atoms with Gasteiger partial charge in [-0.1, -0.05) is 6.07 Å². The second kappa shape index (κ2) is 4.69. The van der Waals surface area contributed by atoms with Crippen molar-refractivity contribution in [3.05, 3.63) is 29.5 Å². The number of hydrogen-bond donors (Lipinski definition) is 2. The van der Waals surface area contributed by atoms with Crippen LogP contribution in [0.2, 0.25) is 0 Å². The van der Waals surface area contributed by atoms with Crippen molar-refractivity contribution in [3.63, 3.8) is 0 Å². The van der Waals surface area contributed by atoms with Crippen molar-refractivity contribution in [2.45, 2.75) is 24.7 Å². The van der Waals surface area contributed by atoms with Gasteiger partial charge in [0.2, 0.25) is 0 Å². The molecule has 4 heteroatoms. The average molecular weight is 259 g/mol. The Labute approximate surface area is 111 Å². The van der Waals surface area contributed by atoms with Crippen LogP contribution in [0.3, 0.4) is 0 Å². The summed E-state index contributed by atoms with van der Waals surface area (Å²) >= 11 is 1.96. The zero-order valence-electron chi connectivity index (χ0n) is 10.7. The molecule has 2 aromatic rings. The van der Waals surface area contributed by atoms with E-state index in [9.17, 15) is 0 Å². The monoisotopic (exact) mass is 259 g/mol. The van der Waals surface area contributed by atoms with Crippen LogP contribution in [0.15, 0.2) is 23.1 Å². The lowest BCUT2D eigenvalue weighted by molar-refractivity contribution is 0.890. The Hall–Kier alpha value is -1.42. The van der Waals surface area contributed by atoms with Crippen molar-refractivity contribution in [2.75, 3.05) is 18.1 Å². The van der Waals surface area contributed by atoms with Gasteiger partial charge in [0.25, 0.3) is 0 Å². The Balaban J connectivity index is 2.06. The van der Waals surface area contributed by atoms with Gasteiger partial charge in [-0.2, -0.15) is 5.10 Å². The van der Waals surface area contributed by atoms with E-state index in [4.69, 9.17) is 0 Å². The van der Waals surface area contributed by atoms with E-state index >= 15 is 0 Å². The Kier molecular flexibility index (Phi) is 3.04. The molecule has 0 atom stereocenters. The normalized spacial score (nSPS) is 14.3. The summed E-state index contributed by atoms with van der Waals surface area (Å²) in [7, 11) is 1.94. The largest absolute Gasteiger partial charge is 0.385 e. The second-order valence-electron chi connectivity index (χ2n) is 4.60. The summed E-state index contributed by atoms with van der Waals surface area (Å²) in [5, 5.41) is 10.7. The molecule has 2 N–H and O–H groups in total. The van der Waals surface area contributed by atoms with Crippen LogP contribution in [-0.2, 0) is 6.42 Å². The molecule has 1 aromatic carbocycles. The van der Waals surface area contributed by atoms with Crippen molar-refractivity contribution < 1.29 is 0 Å². The lowest BCUT2D eigenvalue weighted by atomic mass is 10.0. The molecule has 1 aliphatic rings. The Morgan fingerprint density at radius 2 is 2.28 bits per heavy atom. The molecule has 0 spiro atoms. The number of hydrogen-bond acceptors (Lipinski definition) is 3. The third kappa shape index (κ3) is 1.90. The zero-order valence-corrected chi connectivity index (χ0v) is 11.5. The molecule has 0 radical (unpaired) electrons. The summed E-state index contributed by atoms with van der Waals surface area (Å²) in [4.78, 5) is 1.43. The summed E-state index contributed by atoms with van der Waals surface area (Å²) in [6.45, 7) is 2.04. The van der Waals surface area contributed by atoms with Gasteiger partial charge in [0.1, 0.15) is 5.69 Å². The number of rotatable bonds is 2. The number of aromatic amines is 1. The van der Waals surface area contributed by atoms with E-state index in [-0.39, 0.29) is 0 Å². The van der Waals surface area contributed by atoms with Crippen LogP contribution in [-0.4, -0.2) is 23.0 Å². The minimum absolute atomic E-state index is 1.02. The number of thioether (sulfide) groups is 1. The molecule has 0 aliphatic carbocycles. The lowest BCUT2D eigenvalue weighted by Gasteiger charge is -2.15. The molecular formula is C14H17N3S. The molecule has 94 valence electrons. The van der Waals surface area contributed by atoms with E-state index in [0.29, 0.717) is 0 Å². The number of nitrogens with zero attached hydrogens (tertiary/aromatic N) is 1. The number of aryl methyl sites for hydroxylation is 2. The fraction of sp³-hybridized carbons (Fsp3) is 0.357. The Bertz CT molecular complexity index is 574. The summed E-state index contributed by atoms with van der Waals surface area (Å²) in [5.41, 5.74) is 5.86. The molecule has 0 bridgehead atoms. The predicted molar refractivity (Wildman–Crippen MR) is 77.4 cm³/mol. The third-order valence-corrected chi connectivity index (χ3v) is 4.58. The average Bonchev–Trinajstić information content (AvgIpc) is 2.79. The highest BCUT2D eigenvalue weighted by Gasteiger charge is 2.14. The third-order valence-electron chi connectivity index (χ3n) is 3.38. The number of nitrogens with one attached hydrogen (secondary N) is 2. The molecule has 1 aromatic heterocycles. The van der Waals surface area contributed by atoms with Crippen LogP contribution >= 0.6 is 11.8 Å². The van der Waals surface area contributed by atoms with Gasteiger partial charge < -0.3 is 5.32 Å². The van der Waals surface area contributed by atoms with E-state index < -0.39 is 0 Å².